The molecule has 0 N–H and O–H groups in total. The van der Waals surface area contributed by atoms with E-state index >= 15 is 0 Å². The predicted molar refractivity (Wildman–Crippen MR) is 85.6 cm³/mol. The lowest BCUT2D eigenvalue weighted by Gasteiger charge is -2.35. The van der Waals surface area contributed by atoms with E-state index in [2.05, 4.69) is 17.9 Å². The molecule has 21 heavy (non-hydrogen) atoms. The summed E-state index contributed by atoms with van der Waals surface area (Å²) < 4.78 is 5.16. The van der Waals surface area contributed by atoms with Gasteiger partial charge in [-0.25, -0.2) is 0 Å². The summed E-state index contributed by atoms with van der Waals surface area (Å²) in [4.78, 5) is 14.4. The Hall–Kier alpha value is -1.06. The Labute approximate surface area is 132 Å². The molecule has 1 aromatic rings. The molecular formula is C17H24ClNO2. The number of hydrogen-bond acceptors (Lipinski definition) is 3. The Morgan fingerprint density at radius 3 is 2.67 bits per heavy atom. The minimum atomic E-state index is -0.123. The van der Waals surface area contributed by atoms with Crippen molar-refractivity contribution < 1.29 is 9.53 Å². The summed E-state index contributed by atoms with van der Waals surface area (Å²) in [6.45, 7) is 6.44. The van der Waals surface area contributed by atoms with Gasteiger partial charge in [0.1, 0.15) is 0 Å². The van der Waals surface area contributed by atoms with Crippen LogP contribution in [0.15, 0.2) is 18.2 Å². The quantitative estimate of drug-likeness (QED) is 0.766. The van der Waals surface area contributed by atoms with Gasteiger partial charge >= 0.3 is 5.97 Å². The number of carbonyl (C=O) groups excluding carboxylic acids is 1. The average Bonchev–Trinajstić information content (AvgIpc) is 2.47. The first-order chi connectivity index (χ1) is 10.1. The van der Waals surface area contributed by atoms with E-state index in [-0.39, 0.29) is 12.0 Å². The van der Waals surface area contributed by atoms with Gasteiger partial charge in [-0.3, -0.25) is 9.69 Å². The number of ether oxygens (including phenoxy) is 1. The van der Waals surface area contributed by atoms with Crippen LogP contribution in [0.2, 0.25) is 5.02 Å². The van der Waals surface area contributed by atoms with Crippen molar-refractivity contribution in [1.29, 1.82) is 0 Å². The number of nitrogens with zero attached hydrogens (tertiary/aromatic N) is 1. The molecule has 0 spiro atoms. The standard InChI is InChI=1S/C17H24ClNO2/c1-3-21-17(20)12-16(19-9-5-4-6-10-19)15-8-7-14(18)11-13(15)2/h7-8,11,16H,3-6,9-10,12H2,1-2H3. The third-order valence-corrected chi connectivity index (χ3v) is 4.32. The Morgan fingerprint density at radius 1 is 1.33 bits per heavy atom. The maximum atomic E-state index is 12.0. The van der Waals surface area contributed by atoms with Crippen molar-refractivity contribution in [3.63, 3.8) is 0 Å². The maximum absolute atomic E-state index is 12.0. The second-order valence-corrected chi connectivity index (χ2v) is 6.06. The first kappa shape index (κ1) is 16.3. The van der Waals surface area contributed by atoms with Crippen LogP contribution in [0.1, 0.15) is 49.8 Å². The lowest BCUT2D eigenvalue weighted by atomic mass is 9.95. The summed E-state index contributed by atoms with van der Waals surface area (Å²) in [6, 6.07) is 6.03. The lowest BCUT2D eigenvalue weighted by molar-refractivity contribution is -0.144. The van der Waals surface area contributed by atoms with Crippen molar-refractivity contribution in [2.45, 2.75) is 45.6 Å². The number of rotatable bonds is 5. The van der Waals surface area contributed by atoms with Crippen molar-refractivity contribution >= 4 is 17.6 Å². The highest BCUT2D eigenvalue weighted by Crippen LogP contribution is 2.31. The molecule has 0 amide bonds. The molecule has 2 rings (SSSR count). The van der Waals surface area contributed by atoms with Crippen LogP contribution in [0.25, 0.3) is 0 Å². The van der Waals surface area contributed by atoms with E-state index in [9.17, 15) is 4.79 Å². The molecule has 0 bridgehead atoms. The van der Waals surface area contributed by atoms with Gasteiger partial charge < -0.3 is 4.74 Å². The van der Waals surface area contributed by atoms with Gasteiger partial charge in [-0.2, -0.15) is 0 Å². The van der Waals surface area contributed by atoms with E-state index < -0.39 is 0 Å². The summed E-state index contributed by atoms with van der Waals surface area (Å²) in [7, 11) is 0. The fraction of sp³-hybridized carbons (Fsp3) is 0.588. The fourth-order valence-corrected chi connectivity index (χ4v) is 3.28. The van der Waals surface area contributed by atoms with Crippen molar-refractivity contribution in [2.75, 3.05) is 19.7 Å². The van der Waals surface area contributed by atoms with E-state index in [1.165, 1.54) is 24.8 Å². The van der Waals surface area contributed by atoms with Gasteiger partial charge in [-0.15, -0.1) is 0 Å². The highest BCUT2D eigenvalue weighted by Gasteiger charge is 2.26. The number of hydrogen-bond donors (Lipinski definition) is 0. The minimum Gasteiger partial charge on any atom is -0.466 e. The molecule has 3 nitrogen and oxygen atoms in total. The van der Waals surface area contributed by atoms with Gasteiger partial charge in [0, 0.05) is 11.1 Å². The summed E-state index contributed by atoms with van der Waals surface area (Å²) >= 11 is 6.06. The molecular weight excluding hydrogens is 286 g/mol. The molecule has 1 aliphatic rings. The van der Waals surface area contributed by atoms with Crippen molar-refractivity contribution in [3.8, 4) is 0 Å². The molecule has 1 unspecified atom stereocenters. The van der Waals surface area contributed by atoms with Crippen LogP contribution in [-0.2, 0) is 9.53 Å². The smallest absolute Gasteiger partial charge is 0.307 e. The molecule has 1 aromatic carbocycles. The van der Waals surface area contributed by atoms with E-state index in [4.69, 9.17) is 16.3 Å². The molecule has 116 valence electrons. The van der Waals surface area contributed by atoms with Crippen LogP contribution in [0.4, 0.5) is 0 Å². The topological polar surface area (TPSA) is 29.5 Å². The van der Waals surface area contributed by atoms with Gasteiger partial charge in [0.15, 0.2) is 0 Å². The second-order valence-electron chi connectivity index (χ2n) is 5.62. The average molecular weight is 310 g/mol. The predicted octanol–water partition coefficient (Wildman–Crippen LogP) is 4.13. The Kier molecular flexibility index (Phi) is 6.07. The number of esters is 1. The van der Waals surface area contributed by atoms with Crippen LogP contribution >= 0.6 is 11.6 Å². The number of halogens is 1. The number of piperidine rings is 1. The van der Waals surface area contributed by atoms with Gasteiger partial charge in [-0.1, -0.05) is 24.1 Å². The van der Waals surface area contributed by atoms with E-state index in [0.29, 0.717) is 13.0 Å². The zero-order valence-corrected chi connectivity index (χ0v) is 13.7. The molecule has 0 radical (unpaired) electrons. The van der Waals surface area contributed by atoms with Gasteiger partial charge in [0.25, 0.3) is 0 Å². The molecule has 1 fully saturated rings. The fourth-order valence-electron chi connectivity index (χ4n) is 3.06. The number of carbonyl (C=O) groups is 1. The van der Waals surface area contributed by atoms with Crippen molar-refractivity contribution in [1.82, 2.24) is 4.90 Å². The van der Waals surface area contributed by atoms with Crippen LogP contribution in [-0.4, -0.2) is 30.6 Å². The molecule has 0 aromatic heterocycles. The zero-order chi connectivity index (χ0) is 15.2. The maximum Gasteiger partial charge on any atom is 0.307 e. The van der Waals surface area contributed by atoms with E-state index in [1.807, 2.05) is 19.1 Å². The molecule has 1 heterocycles. The molecule has 0 saturated carbocycles. The molecule has 1 atom stereocenters. The van der Waals surface area contributed by atoms with Gasteiger partial charge in [-0.05, 0) is 63.0 Å². The van der Waals surface area contributed by atoms with E-state index in [1.54, 1.807) is 0 Å². The van der Waals surface area contributed by atoms with Crippen LogP contribution in [0.3, 0.4) is 0 Å². The zero-order valence-electron chi connectivity index (χ0n) is 12.9. The second kappa shape index (κ2) is 7.81. The molecule has 1 aliphatic heterocycles. The summed E-state index contributed by atoms with van der Waals surface area (Å²) in [5.41, 5.74) is 2.33. The Morgan fingerprint density at radius 2 is 2.05 bits per heavy atom. The van der Waals surface area contributed by atoms with Crippen LogP contribution < -0.4 is 0 Å². The van der Waals surface area contributed by atoms with Crippen LogP contribution in [0, 0.1) is 6.92 Å². The van der Waals surface area contributed by atoms with Crippen LogP contribution in [0.5, 0.6) is 0 Å². The molecule has 4 heteroatoms. The highest BCUT2D eigenvalue weighted by molar-refractivity contribution is 6.30. The Bertz CT molecular complexity index is 484. The highest BCUT2D eigenvalue weighted by atomic mass is 35.5. The van der Waals surface area contributed by atoms with Crippen molar-refractivity contribution in [2.24, 2.45) is 0 Å². The van der Waals surface area contributed by atoms with Crippen molar-refractivity contribution in [3.05, 3.63) is 34.3 Å². The Balaban J connectivity index is 2.23. The van der Waals surface area contributed by atoms with Gasteiger partial charge in [0.2, 0.25) is 0 Å². The first-order valence-electron chi connectivity index (χ1n) is 7.77. The summed E-state index contributed by atoms with van der Waals surface area (Å²) in [5, 5.41) is 0.741. The van der Waals surface area contributed by atoms with Gasteiger partial charge in [0.05, 0.1) is 13.0 Å². The number of benzene rings is 1. The minimum absolute atomic E-state index is 0.0987. The SMILES string of the molecule is CCOC(=O)CC(c1ccc(Cl)cc1C)N1CCCCC1. The number of likely N-dealkylation sites (tertiary alicyclic amines) is 1. The monoisotopic (exact) mass is 309 g/mol. The number of aryl methyl sites for hydroxylation is 1. The summed E-state index contributed by atoms with van der Waals surface area (Å²) in [6.07, 6.45) is 4.09. The lowest BCUT2D eigenvalue weighted by Crippen LogP contribution is -2.35. The molecule has 0 aliphatic carbocycles. The third-order valence-electron chi connectivity index (χ3n) is 4.09. The molecule has 1 saturated heterocycles. The normalized spacial score (nSPS) is 17.5. The third kappa shape index (κ3) is 4.45. The van der Waals surface area contributed by atoms with E-state index in [0.717, 1.165) is 23.7 Å². The first-order valence-corrected chi connectivity index (χ1v) is 8.15. The summed E-state index contributed by atoms with van der Waals surface area (Å²) in [5.74, 6) is -0.123. The largest absolute Gasteiger partial charge is 0.466 e.